The number of nitrogens with zero attached hydrogens (tertiary/aromatic N) is 2. The van der Waals surface area contributed by atoms with Gasteiger partial charge in [0.05, 0.1) is 17.5 Å². The Morgan fingerprint density at radius 3 is 2.67 bits per heavy atom. The van der Waals surface area contributed by atoms with Crippen molar-refractivity contribution >= 4 is 11.9 Å². The molecule has 1 aromatic heterocycles. The first-order valence-corrected chi connectivity index (χ1v) is 7.92. The summed E-state index contributed by atoms with van der Waals surface area (Å²) in [6.07, 6.45) is 0.596. The minimum atomic E-state index is -0.859. The summed E-state index contributed by atoms with van der Waals surface area (Å²) in [7, 11) is 0. The molecule has 6 nitrogen and oxygen atoms in total. The van der Waals surface area contributed by atoms with E-state index >= 15 is 0 Å². The van der Waals surface area contributed by atoms with Crippen LogP contribution in [0, 0.1) is 12.3 Å². The molecule has 1 aliphatic heterocycles. The first-order chi connectivity index (χ1) is 11.4. The Hall–Kier alpha value is -2.63. The van der Waals surface area contributed by atoms with Crippen molar-refractivity contribution in [2.75, 3.05) is 13.1 Å². The van der Waals surface area contributed by atoms with E-state index in [9.17, 15) is 14.7 Å². The maximum absolute atomic E-state index is 12.5. The predicted octanol–water partition coefficient (Wildman–Crippen LogP) is 2.52. The lowest BCUT2D eigenvalue weighted by Crippen LogP contribution is -2.35. The largest absolute Gasteiger partial charge is 0.481 e. The Morgan fingerprint density at radius 1 is 1.33 bits per heavy atom. The number of aryl methyl sites for hydroxylation is 1. The Kier molecular flexibility index (Phi) is 4.13. The normalized spacial score (nSPS) is 20.3. The topological polar surface area (TPSA) is 83.6 Å². The molecule has 1 fully saturated rings. The highest BCUT2D eigenvalue weighted by atomic mass is 16.4. The molecule has 2 heterocycles. The number of amides is 1. The van der Waals surface area contributed by atoms with E-state index in [4.69, 9.17) is 4.42 Å². The number of hydrogen-bond donors (Lipinski definition) is 1. The number of hydrogen-bond acceptors (Lipinski definition) is 4. The fraction of sp³-hybridized carbons (Fsp3) is 0.389. The molecule has 2 aromatic rings. The highest BCUT2D eigenvalue weighted by Crippen LogP contribution is 2.30. The molecule has 1 aromatic carbocycles. The summed E-state index contributed by atoms with van der Waals surface area (Å²) in [5.74, 6) is 0.132. The Morgan fingerprint density at radius 2 is 2.04 bits per heavy atom. The van der Waals surface area contributed by atoms with E-state index in [0.717, 1.165) is 5.56 Å². The molecule has 0 radical (unpaired) electrons. The van der Waals surface area contributed by atoms with Gasteiger partial charge < -0.3 is 14.4 Å². The first-order valence-electron chi connectivity index (χ1n) is 7.92. The van der Waals surface area contributed by atoms with Crippen LogP contribution in [0.4, 0.5) is 0 Å². The SMILES string of the molecule is Cc1oc(-c2ccccc2)nc1CC(=O)N1CCC(C)(C(=O)O)C1. The van der Waals surface area contributed by atoms with Gasteiger partial charge in [-0.2, -0.15) is 0 Å². The second-order valence-corrected chi connectivity index (χ2v) is 6.50. The Bertz CT molecular complexity index is 769. The minimum absolute atomic E-state index is 0.115. The molecule has 1 aliphatic rings. The van der Waals surface area contributed by atoms with E-state index in [2.05, 4.69) is 4.98 Å². The van der Waals surface area contributed by atoms with E-state index in [1.807, 2.05) is 30.3 Å². The number of aromatic nitrogens is 1. The summed E-state index contributed by atoms with van der Waals surface area (Å²) >= 11 is 0. The molecule has 1 atom stereocenters. The van der Waals surface area contributed by atoms with Crippen molar-refractivity contribution in [2.45, 2.75) is 26.7 Å². The number of carbonyl (C=O) groups excluding carboxylic acids is 1. The monoisotopic (exact) mass is 328 g/mol. The number of carboxylic acids is 1. The maximum atomic E-state index is 12.5. The smallest absolute Gasteiger partial charge is 0.311 e. The summed E-state index contributed by atoms with van der Waals surface area (Å²) < 4.78 is 5.67. The second kappa shape index (κ2) is 6.11. The van der Waals surface area contributed by atoms with Crippen molar-refractivity contribution in [3.63, 3.8) is 0 Å². The van der Waals surface area contributed by atoms with Gasteiger partial charge in [0.1, 0.15) is 5.76 Å². The number of rotatable bonds is 4. The highest BCUT2D eigenvalue weighted by molar-refractivity contribution is 5.82. The molecule has 0 spiro atoms. The average molecular weight is 328 g/mol. The summed E-state index contributed by atoms with van der Waals surface area (Å²) in [5, 5.41) is 9.27. The van der Waals surface area contributed by atoms with Crippen molar-refractivity contribution in [2.24, 2.45) is 5.41 Å². The van der Waals surface area contributed by atoms with Gasteiger partial charge in [0.2, 0.25) is 11.8 Å². The van der Waals surface area contributed by atoms with Crippen LogP contribution < -0.4 is 0 Å². The molecule has 1 saturated heterocycles. The number of benzene rings is 1. The van der Waals surface area contributed by atoms with Crippen LogP contribution in [0.2, 0.25) is 0 Å². The van der Waals surface area contributed by atoms with Crippen LogP contribution in [0.25, 0.3) is 11.5 Å². The molecule has 0 saturated carbocycles. The zero-order valence-electron chi connectivity index (χ0n) is 13.8. The summed E-state index contributed by atoms with van der Waals surface area (Å²) in [6.45, 7) is 4.17. The molecular formula is C18H20N2O4. The van der Waals surface area contributed by atoms with Gasteiger partial charge in [-0.05, 0) is 32.4 Å². The van der Waals surface area contributed by atoms with Gasteiger partial charge >= 0.3 is 5.97 Å². The summed E-state index contributed by atoms with van der Waals surface area (Å²) in [6, 6.07) is 9.51. The Labute approximate surface area is 140 Å². The summed E-state index contributed by atoms with van der Waals surface area (Å²) in [5.41, 5.74) is 0.602. The van der Waals surface area contributed by atoms with E-state index in [1.165, 1.54) is 0 Å². The number of aliphatic carboxylic acids is 1. The number of carboxylic acid groups (broad SMARTS) is 1. The third kappa shape index (κ3) is 3.04. The fourth-order valence-corrected chi connectivity index (χ4v) is 2.90. The van der Waals surface area contributed by atoms with Gasteiger partial charge in [-0.3, -0.25) is 9.59 Å². The van der Waals surface area contributed by atoms with Crippen LogP contribution in [0.3, 0.4) is 0 Å². The first kappa shape index (κ1) is 16.2. The van der Waals surface area contributed by atoms with Crippen molar-refractivity contribution in [3.05, 3.63) is 41.8 Å². The molecule has 1 amide bonds. The van der Waals surface area contributed by atoms with Gasteiger partial charge in [-0.1, -0.05) is 18.2 Å². The zero-order chi connectivity index (χ0) is 17.3. The fourth-order valence-electron chi connectivity index (χ4n) is 2.90. The summed E-state index contributed by atoms with van der Waals surface area (Å²) in [4.78, 5) is 29.8. The molecule has 126 valence electrons. The third-order valence-corrected chi connectivity index (χ3v) is 4.57. The van der Waals surface area contributed by atoms with Gasteiger partial charge in [0, 0.05) is 18.7 Å². The number of carbonyl (C=O) groups is 2. The molecule has 3 rings (SSSR count). The highest BCUT2D eigenvalue weighted by Gasteiger charge is 2.42. The molecule has 0 bridgehead atoms. The quantitative estimate of drug-likeness (QED) is 0.932. The lowest BCUT2D eigenvalue weighted by molar-refractivity contribution is -0.147. The number of oxazole rings is 1. The van der Waals surface area contributed by atoms with Gasteiger partial charge in [-0.25, -0.2) is 4.98 Å². The minimum Gasteiger partial charge on any atom is -0.481 e. The van der Waals surface area contributed by atoms with Crippen molar-refractivity contribution in [1.29, 1.82) is 0 Å². The van der Waals surface area contributed by atoms with Crippen LogP contribution in [-0.4, -0.2) is 40.0 Å². The maximum Gasteiger partial charge on any atom is 0.311 e. The molecule has 24 heavy (non-hydrogen) atoms. The van der Waals surface area contributed by atoms with Crippen molar-refractivity contribution < 1.29 is 19.1 Å². The average Bonchev–Trinajstić information content (AvgIpc) is 3.13. The number of likely N-dealkylation sites (tertiary alicyclic amines) is 1. The van der Waals surface area contributed by atoms with Crippen LogP contribution >= 0.6 is 0 Å². The van der Waals surface area contributed by atoms with Gasteiger partial charge in [0.25, 0.3) is 0 Å². The van der Waals surface area contributed by atoms with Crippen LogP contribution in [0.1, 0.15) is 24.8 Å². The predicted molar refractivity (Wildman–Crippen MR) is 87.3 cm³/mol. The molecule has 1 N–H and O–H groups in total. The lowest BCUT2D eigenvalue weighted by atomic mass is 9.90. The van der Waals surface area contributed by atoms with E-state index in [0.29, 0.717) is 30.3 Å². The molecule has 6 heteroatoms. The second-order valence-electron chi connectivity index (χ2n) is 6.50. The molecular weight excluding hydrogens is 308 g/mol. The molecule has 1 unspecified atom stereocenters. The lowest BCUT2D eigenvalue weighted by Gasteiger charge is -2.19. The standard InChI is InChI=1S/C18H20N2O4/c1-12-14(19-16(24-12)13-6-4-3-5-7-13)10-15(21)20-9-8-18(2,11-20)17(22)23/h3-7H,8-11H2,1-2H3,(H,22,23). The van der Waals surface area contributed by atoms with Crippen molar-refractivity contribution in [3.8, 4) is 11.5 Å². The Balaban J connectivity index is 1.72. The van der Waals surface area contributed by atoms with E-state index in [-0.39, 0.29) is 18.9 Å². The van der Waals surface area contributed by atoms with E-state index < -0.39 is 11.4 Å². The van der Waals surface area contributed by atoms with Crippen molar-refractivity contribution in [1.82, 2.24) is 9.88 Å². The van der Waals surface area contributed by atoms with E-state index in [1.54, 1.807) is 18.7 Å². The van der Waals surface area contributed by atoms with Crippen LogP contribution in [0.15, 0.2) is 34.7 Å². The van der Waals surface area contributed by atoms with Crippen LogP contribution in [-0.2, 0) is 16.0 Å². The third-order valence-electron chi connectivity index (χ3n) is 4.57. The van der Waals surface area contributed by atoms with Gasteiger partial charge in [-0.15, -0.1) is 0 Å². The zero-order valence-corrected chi connectivity index (χ0v) is 13.8. The molecule has 0 aliphatic carbocycles. The van der Waals surface area contributed by atoms with Gasteiger partial charge in [0.15, 0.2) is 0 Å². The van der Waals surface area contributed by atoms with Crippen LogP contribution in [0.5, 0.6) is 0 Å².